The van der Waals surface area contributed by atoms with Crippen molar-refractivity contribution in [2.24, 2.45) is 0 Å². The third-order valence-electron chi connectivity index (χ3n) is 4.92. The number of piperidine rings is 1. The van der Waals surface area contributed by atoms with Gasteiger partial charge in [0.25, 0.3) is 5.91 Å². The standard InChI is InChI=1S/C18H23N3O3/c1-12-2-3-16-15(10-12)17(20-19-16)18(22)21-7-4-13(5-8-21)24-14-6-9-23-11-14/h2-3,10,13-14H,4-9,11H2,1H3,(H,19,20). The number of ether oxygens (including phenoxy) is 2. The summed E-state index contributed by atoms with van der Waals surface area (Å²) >= 11 is 0. The number of amides is 1. The van der Waals surface area contributed by atoms with E-state index >= 15 is 0 Å². The topological polar surface area (TPSA) is 67.5 Å². The Bertz CT molecular complexity index is 728. The lowest BCUT2D eigenvalue weighted by atomic mass is 10.1. The van der Waals surface area contributed by atoms with Crippen LogP contribution >= 0.6 is 0 Å². The minimum absolute atomic E-state index is 0.00880. The molecule has 1 N–H and O–H groups in total. The molecule has 2 aliphatic rings. The minimum Gasteiger partial charge on any atom is -0.379 e. The molecule has 128 valence electrons. The predicted octanol–water partition coefficient (Wildman–Crippen LogP) is 2.28. The molecule has 0 radical (unpaired) electrons. The molecule has 2 saturated heterocycles. The molecule has 1 atom stereocenters. The lowest BCUT2D eigenvalue weighted by molar-refractivity contribution is -0.0408. The first-order valence-electron chi connectivity index (χ1n) is 8.68. The first-order chi connectivity index (χ1) is 11.7. The second-order valence-electron chi connectivity index (χ2n) is 6.73. The van der Waals surface area contributed by atoms with E-state index in [1.807, 2.05) is 30.0 Å². The Kier molecular flexibility index (Phi) is 4.24. The molecule has 1 amide bonds. The van der Waals surface area contributed by atoms with Crippen molar-refractivity contribution < 1.29 is 14.3 Å². The van der Waals surface area contributed by atoms with Crippen molar-refractivity contribution in [3.63, 3.8) is 0 Å². The summed E-state index contributed by atoms with van der Waals surface area (Å²) in [6, 6.07) is 6.00. The number of nitrogens with one attached hydrogen (secondary N) is 1. The molecule has 1 aromatic carbocycles. The highest BCUT2D eigenvalue weighted by molar-refractivity contribution is 6.04. The highest BCUT2D eigenvalue weighted by atomic mass is 16.5. The number of carbonyl (C=O) groups excluding carboxylic acids is 1. The number of fused-ring (bicyclic) bond motifs is 1. The van der Waals surface area contributed by atoms with Crippen LogP contribution in [0.3, 0.4) is 0 Å². The number of rotatable bonds is 3. The lowest BCUT2D eigenvalue weighted by Crippen LogP contribution is -2.42. The van der Waals surface area contributed by atoms with Crippen LogP contribution in [0.5, 0.6) is 0 Å². The second-order valence-corrected chi connectivity index (χ2v) is 6.73. The van der Waals surface area contributed by atoms with Gasteiger partial charge < -0.3 is 14.4 Å². The highest BCUT2D eigenvalue weighted by Crippen LogP contribution is 2.23. The van der Waals surface area contributed by atoms with Gasteiger partial charge in [-0.1, -0.05) is 11.6 Å². The number of likely N-dealkylation sites (tertiary alicyclic amines) is 1. The molecule has 1 unspecified atom stereocenters. The number of H-pyrrole nitrogens is 1. The highest BCUT2D eigenvalue weighted by Gasteiger charge is 2.29. The van der Waals surface area contributed by atoms with Crippen molar-refractivity contribution in [1.82, 2.24) is 15.1 Å². The molecular weight excluding hydrogens is 306 g/mol. The van der Waals surface area contributed by atoms with Crippen LogP contribution in [-0.4, -0.2) is 59.5 Å². The Morgan fingerprint density at radius 2 is 2.12 bits per heavy atom. The molecule has 24 heavy (non-hydrogen) atoms. The maximum Gasteiger partial charge on any atom is 0.274 e. The van der Waals surface area contributed by atoms with Gasteiger partial charge in [-0.2, -0.15) is 5.10 Å². The van der Waals surface area contributed by atoms with Gasteiger partial charge in [-0.15, -0.1) is 0 Å². The summed E-state index contributed by atoms with van der Waals surface area (Å²) in [4.78, 5) is 14.7. The summed E-state index contributed by atoms with van der Waals surface area (Å²) in [5.74, 6) is 0.00880. The first kappa shape index (κ1) is 15.6. The fourth-order valence-corrected chi connectivity index (χ4v) is 3.53. The SMILES string of the molecule is Cc1ccc2[nH]nc(C(=O)N3CCC(OC4CCOC4)CC3)c2c1. The third kappa shape index (κ3) is 3.03. The molecule has 6 nitrogen and oxygen atoms in total. The Balaban J connectivity index is 1.41. The summed E-state index contributed by atoms with van der Waals surface area (Å²) in [5.41, 5.74) is 2.56. The van der Waals surface area contributed by atoms with Crippen LogP contribution in [0.15, 0.2) is 18.2 Å². The van der Waals surface area contributed by atoms with Gasteiger partial charge in [0.2, 0.25) is 0 Å². The van der Waals surface area contributed by atoms with E-state index in [9.17, 15) is 4.79 Å². The molecular formula is C18H23N3O3. The zero-order valence-electron chi connectivity index (χ0n) is 14.0. The molecule has 6 heteroatoms. The van der Waals surface area contributed by atoms with Crippen LogP contribution in [0.1, 0.15) is 35.3 Å². The molecule has 3 heterocycles. The van der Waals surface area contributed by atoms with Crippen LogP contribution in [0.2, 0.25) is 0 Å². The van der Waals surface area contributed by atoms with Gasteiger partial charge in [0.15, 0.2) is 5.69 Å². The minimum atomic E-state index is 0.00880. The number of benzene rings is 1. The molecule has 1 aromatic heterocycles. The monoisotopic (exact) mass is 329 g/mol. The quantitative estimate of drug-likeness (QED) is 0.938. The molecule has 0 aliphatic carbocycles. The average molecular weight is 329 g/mol. The Morgan fingerprint density at radius 1 is 1.29 bits per heavy atom. The van der Waals surface area contributed by atoms with Crippen LogP contribution in [0.25, 0.3) is 10.9 Å². The van der Waals surface area contributed by atoms with E-state index in [1.54, 1.807) is 0 Å². The molecule has 2 aromatic rings. The van der Waals surface area contributed by atoms with Crippen LogP contribution in [-0.2, 0) is 9.47 Å². The van der Waals surface area contributed by atoms with Crippen molar-refractivity contribution in [3.05, 3.63) is 29.5 Å². The van der Waals surface area contributed by atoms with Crippen LogP contribution in [0.4, 0.5) is 0 Å². The summed E-state index contributed by atoms with van der Waals surface area (Å²) in [6.45, 7) is 4.97. The normalized spacial score (nSPS) is 22.4. The van der Waals surface area contributed by atoms with E-state index in [0.717, 1.165) is 55.4 Å². The number of aryl methyl sites for hydroxylation is 1. The predicted molar refractivity (Wildman–Crippen MR) is 90.1 cm³/mol. The fraction of sp³-hybridized carbons (Fsp3) is 0.556. The number of hydrogen-bond donors (Lipinski definition) is 1. The van der Waals surface area contributed by atoms with Crippen LogP contribution < -0.4 is 0 Å². The number of aromatic nitrogens is 2. The number of carbonyl (C=O) groups is 1. The average Bonchev–Trinajstić information content (AvgIpc) is 3.24. The summed E-state index contributed by atoms with van der Waals surface area (Å²) in [6.07, 6.45) is 3.21. The molecule has 2 fully saturated rings. The largest absolute Gasteiger partial charge is 0.379 e. The second kappa shape index (κ2) is 6.53. The smallest absolute Gasteiger partial charge is 0.274 e. The molecule has 0 bridgehead atoms. The molecule has 0 saturated carbocycles. The van der Waals surface area contributed by atoms with Gasteiger partial charge in [-0.3, -0.25) is 9.89 Å². The lowest BCUT2D eigenvalue weighted by Gasteiger charge is -2.32. The van der Waals surface area contributed by atoms with Gasteiger partial charge in [0, 0.05) is 25.1 Å². The van der Waals surface area contributed by atoms with E-state index in [2.05, 4.69) is 10.2 Å². The van der Waals surface area contributed by atoms with Gasteiger partial charge in [0.05, 0.1) is 24.3 Å². The number of hydrogen-bond acceptors (Lipinski definition) is 4. The third-order valence-corrected chi connectivity index (χ3v) is 4.92. The fourth-order valence-electron chi connectivity index (χ4n) is 3.53. The van der Waals surface area contributed by atoms with E-state index in [1.165, 1.54) is 0 Å². The van der Waals surface area contributed by atoms with E-state index in [-0.39, 0.29) is 18.1 Å². The summed E-state index contributed by atoms with van der Waals surface area (Å²) in [7, 11) is 0. The van der Waals surface area contributed by atoms with Crippen molar-refractivity contribution in [3.8, 4) is 0 Å². The first-order valence-corrected chi connectivity index (χ1v) is 8.68. The van der Waals surface area contributed by atoms with Crippen molar-refractivity contribution in [2.45, 2.75) is 38.4 Å². The van der Waals surface area contributed by atoms with Gasteiger partial charge in [0.1, 0.15) is 0 Å². The van der Waals surface area contributed by atoms with Gasteiger partial charge in [-0.05, 0) is 38.3 Å². The van der Waals surface area contributed by atoms with E-state index in [4.69, 9.17) is 9.47 Å². The molecule has 4 rings (SSSR count). The molecule has 2 aliphatic heterocycles. The maximum atomic E-state index is 12.8. The van der Waals surface area contributed by atoms with Crippen molar-refractivity contribution in [1.29, 1.82) is 0 Å². The Labute approximate surface area is 141 Å². The number of nitrogens with zero attached hydrogens (tertiary/aromatic N) is 2. The Hall–Kier alpha value is -1.92. The van der Waals surface area contributed by atoms with Gasteiger partial charge >= 0.3 is 0 Å². The maximum absolute atomic E-state index is 12.8. The van der Waals surface area contributed by atoms with Crippen molar-refractivity contribution >= 4 is 16.8 Å². The van der Waals surface area contributed by atoms with Gasteiger partial charge in [-0.25, -0.2) is 0 Å². The molecule has 0 spiro atoms. The van der Waals surface area contributed by atoms with Crippen molar-refractivity contribution in [2.75, 3.05) is 26.3 Å². The summed E-state index contributed by atoms with van der Waals surface area (Å²) in [5, 5.41) is 8.11. The van der Waals surface area contributed by atoms with E-state index in [0.29, 0.717) is 12.3 Å². The number of aromatic amines is 1. The zero-order valence-corrected chi connectivity index (χ0v) is 14.0. The van der Waals surface area contributed by atoms with E-state index < -0.39 is 0 Å². The Morgan fingerprint density at radius 3 is 2.88 bits per heavy atom. The zero-order chi connectivity index (χ0) is 16.5. The van der Waals surface area contributed by atoms with Crippen LogP contribution in [0, 0.1) is 6.92 Å². The summed E-state index contributed by atoms with van der Waals surface area (Å²) < 4.78 is 11.4.